The summed E-state index contributed by atoms with van der Waals surface area (Å²) in [5.74, 6) is 0.0627. The lowest BCUT2D eigenvalue weighted by Crippen LogP contribution is -2.35. The molecule has 13 heavy (non-hydrogen) atoms. The van der Waals surface area contributed by atoms with Gasteiger partial charge in [-0.25, -0.2) is 4.39 Å². The van der Waals surface area contributed by atoms with Gasteiger partial charge in [-0.3, -0.25) is 9.69 Å². The first-order valence-electron chi connectivity index (χ1n) is 4.25. The van der Waals surface area contributed by atoms with E-state index in [1.54, 1.807) is 0 Å². The SMILES string of the molecule is CC(C)[C@@H]1NC(=S)N(CCF)C1=O. The highest BCUT2D eigenvalue weighted by molar-refractivity contribution is 7.80. The monoisotopic (exact) mass is 204 g/mol. The Morgan fingerprint density at radius 3 is 2.69 bits per heavy atom. The average Bonchev–Trinajstić information content (AvgIpc) is 2.32. The van der Waals surface area contributed by atoms with E-state index in [4.69, 9.17) is 12.2 Å². The summed E-state index contributed by atoms with van der Waals surface area (Å²) >= 11 is 4.91. The van der Waals surface area contributed by atoms with Crippen molar-refractivity contribution in [2.24, 2.45) is 5.92 Å². The normalized spacial score (nSPS) is 22.8. The van der Waals surface area contributed by atoms with Gasteiger partial charge in [0.2, 0.25) is 0 Å². The molecule has 74 valence electrons. The summed E-state index contributed by atoms with van der Waals surface area (Å²) in [5, 5.41) is 3.23. The van der Waals surface area contributed by atoms with Crippen molar-refractivity contribution in [3.8, 4) is 0 Å². The summed E-state index contributed by atoms with van der Waals surface area (Å²) in [4.78, 5) is 12.8. The summed E-state index contributed by atoms with van der Waals surface area (Å²) in [7, 11) is 0. The molecule has 1 fully saturated rings. The predicted octanol–water partition coefficient (Wildman–Crippen LogP) is 0.697. The molecule has 5 heteroatoms. The highest BCUT2D eigenvalue weighted by Crippen LogP contribution is 2.13. The molecule has 1 heterocycles. The van der Waals surface area contributed by atoms with Gasteiger partial charge in [-0.15, -0.1) is 0 Å². The van der Waals surface area contributed by atoms with Gasteiger partial charge in [-0.05, 0) is 18.1 Å². The maximum Gasteiger partial charge on any atom is 0.251 e. The van der Waals surface area contributed by atoms with Gasteiger partial charge >= 0.3 is 0 Å². The third kappa shape index (κ3) is 1.96. The number of thiocarbonyl (C=S) groups is 1. The number of hydrogen-bond acceptors (Lipinski definition) is 2. The highest BCUT2D eigenvalue weighted by Gasteiger charge is 2.36. The van der Waals surface area contributed by atoms with Crippen LogP contribution in [-0.2, 0) is 4.79 Å². The van der Waals surface area contributed by atoms with E-state index in [9.17, 15) is 9.18 Å². The van der Waals surface area contributed by atoms with Crippen LogP contribution in [0.15, 0.2) is 0 Å². The van der Waals surface area contributed by atoms with E-state index in [-0.39, 0.29) is 24.4 Å². The molecule has 0 radical (unpaired) electrons. The molecule has 0 aromatic rings. The molecule has 1 aliphatic heterocycles. The largest absolute Gasteiger partial charge is 0.350 e. The first-order chi connectivity index (χ1) is 6.07. The van der Waals surface area contributed by atoms with Gasteiger partial charge in [0, 0.05) is 0 Å². The van der Waals surface area contributed by atoms with Crippen LogP contribution in [0.2, 0.25) is 0 Å². The Morgan fingerprint density at radius 2 is 2.31 bits per heavy atom. The zero-order chi connectivity index (χ0) is 10.0. The van der Waals surface area contributed by atoms with E-state index < -0.39 is 6.67 Å². The van der Waals surface area contributed by atoms with Crippen molar-refractivity contribution in [3.05, 3.63) is 0 Å². The number of halogens is 1. The minimum Gasteiger partial charge on any atom is -0.350 e. The molecule has 0 unspecified atom stereocenters. The van der Waals surface area contributed by atoms with Gasteiger partial charge in [0.05, 0.1) is 6.54 Å². The lowest BCUT2D eigenvalue weighted by molar-refractivity contribution is -0.128. The Hall–Kier alpha value is -0.710. The van der Waals surface area contributed by atoms with Gasteiger partial charge in [0.1, 0.15) is 12.7 Å². The van der Waals surface area contributed by atoms with Crippen LogP contribution in [0.1, 0.15) is 13.8 Å². The van der Waals surface area contributed by atoms with Crippen LogP contribution in [0.4, 0.5) is 4.39 Å². The fourth-order valence-corrected chi connectivity index (χ4v) is 1.60. The minimum absolute atomic E-state index is 0.0634. The average molecular weight is 204 g/mol. The van der Waals surface area contributed by atoms with Crippen molar-refractivity contribution in [1.29, 1.82) is 0 Å². The number of nitrogens with one attached hydrogen (secondary N) is 1. The Bertz CT molecular complexity index is 232. The van der Waals surface area contributed by atoms with Gasteiger partial charge in [0.25, 0.3) is 5.91 Å². The third-order valence-corrected chi connectivity index (χ3v) is 2.37. The number of amides is 1. The van der Waals surface area contributed by atoms with Crippen molar-refractivity contribution >= 4 is 23.2 Å². The molecule has 1 N–H and O–H groups in total. The predicted molar refractivity (Wildman–Crippen MR) is 52.0 cm³/mol. The molecule has 1 atom stereocenters. The number of alkyl halides is 1. The van der Waals surface area contributed by atoms with Crippen LogP contribution in [0.3, 0.4) is 0 Å². The zero-order valence-electron chi connectivity index (χ0n) is 7.71. The summed E-state index contributed by atoms with van der Waals surface area (Å²) < 4.78 is 12.0. The molecule has 0 spiro atoms. The molecule has 1 saturated heterocycles. The van der Waals surface area contributed by atoms with Crippen molar-refractivity contribution in [2.75, 3.05) is 13.2 Å². The topological polar surface area (TPSA) is 32.3 Å². The summed E-state index contributed by atoms with van der Waals surface area (Å²) in [6.45, 7) is 3.36. The summed E-state index contributed by atoms with van der Waals surface area (Å²) in [6.07, 6.45) is 0. The van der Waals surface area contributed by atoms with E-state index >= 15 is 0 Å². The minimum atomic E-state index is -0.557. The Balaban J connectivity index is 2.69. The molecule has 0 bridgehead atoms. The standard InChI is InChI=1S/C8H13FN2OS/c1-5(2)6-7(12)11(4-3-9)8(13)10-6/h5-6H,3-4H2,1-2H3,(H,10,13)/t6-/m0/s1. The molecule has 0 saturated carbocycles. The number of nitrogens with zero attached hydrogens (tertiary/aromatic N) is 1. The van der Waals surface area contributed by atoms with Gasteiger partial charge < -0.3 is 5.32 Å². The van der Waals surface area contributed by atoms with E-state index in [1.165, 1.54) is 4.90 Å². The Labute approximate surface area is 82.3 Å². The second kappa shape index (κ2) is 4.00. The van der Waals surface area contributed by atoms with Crippen molar-refractivity contribution in [1.82, 2.24) is 10.2 Å². The quantitative estimate of drug-likeness (QED) is 0.687. The fraction of sp³-hybridized carbons (Fsp3) is 0.750. The molecule has 1 rings (SSSR count). The second-order valence-electron chi connectivity index (χ2n) is 3.35. The maximum absolute atomic E-state index is 12.0. The first kappa shape index (κ1) is 10.4. The number of rotatable bonds is 3. The zero-order valence-corrected chi connectivity index (χ0v) is 8.53. The van der Waals surface area contributed by atoms with Crippen LogP contribution in [0.25, 0.3) is 0 Å². The van der Waals surface area contributed by atoms with E-state index in [0.29, 0.717) is 5.11 Å². The number of carbonyl (C=O) groups excluding carboxylic acids is 1. The van der Waals surface area contributed by atoms with Crippen molar-refractivity contribution in [3.63, 3.8) is 0 Å². The molecule has 1 aliphatic rings. The molecule has 0 aromatic carbocycles. The Kier molecular flexibility index (Phi) is 3.19. The maximum atomic E-state index is 12.0. The first-order valence-corrected chi connectivity index (χ1v) is 4.66. The Morgan fingerprint density at radius 1 is 1.69 bits per heavy atom. The van der Waals surface area contributed by atoms with Gasteiger partial charge in [0.15, 0.2) is 5.11 Å². The van der Waals surface area contributed by atoms with Crippen LogP contribution in [0.5, 0.6) is 0 Å². The lowest BCUT2D eigenvalue weighted by atomic mass is 10.1. The molecular weight excluding hydrogens is 191 g/mol. The van der Waals surface area contributed by atoms with E-state index in [2.05, 4.69) is 5.32 Å². The highest BCUT2D eigenvalue weighted by atomic mass is 32.1. The smallest absolute Gasteiger partial charge is 0.251 e. The second-order valence-corrected chi connectivity index (χ2v) is 3.74. The van der Waals surface area contributed by atoms with E-state index in [1.807, 2.05) is 13.8 Å². The van der Waals surface area contributed by atoms with Crippen molar-refractivity contribution < 1.29 is 9.18 Å². The molecular formula is C8H13FN2OS. The fourth-order valence-electron chi connectivity index (χ4n) is 1.29. The van der Waals surface area contributed by atoms with Crippen LogP contribution in [-0.4, -0.2) is 35.2 Å². The molecule has 1 amide bonds. The lowest BCUT2D eigenvalue weighted by Gasteiger charge is -2.13. The van der Waals surface area contributed by atoms with Gasteiger partial charge in [-0.2, -0.15) is 0 Å². The summed E-state index contributed by atoms with van der Waals surface area (Å²) in [6, 6.07) is -0.279. The number of carbonyl (C=O) groups is 1. The third-order valence-electron chi connectivity index (χ3n) is 2.03. The van der Waals surface area contributed by atoms with Crippen LogP contribution >= 0.6 is 12.2 Å². The molecule has 0 aliphatic carbocycles. The molecule has 0 aromatic heterocycles. The van der Waals surface area contributed by atoms with Gasteiger partial charge in [-0.1, -0.05) is 13.8 Å². The van der Waals surface area contributed by atoms with E-state index in [0.717, 1.165) is 0 Å². The molecule has 3 nitrogen and oxygen atoms in total. The summed E-state index contributed by atoms with van der Waals surface area (Å²) in [5.41, 5.74) is 0. The number of hydrogen-bond donors (Lipinski definition) is 1. The van der Waals surface area contributed by atoms with Crippen LogP contribution in [0, 0.1) is 5.92 Å². The van der Waals surface area contributed by atoms with Crippen molar-refractivity contribution in [2.45, 2.75) is 19.9 Å². The van der Waals surface area contributed by atoms with Crippen LogP contribution < -0.4 is 5.32 Å².